The number of unbranched alkanes of at least 4 members (excludes halogenated alkanes) is 1. The predicted molar refractivity (Wildman–Crippen MR) is 79.7 cm³/mol. The van der Waals surface area contributed by atoms with Gasteiger partial charge in [0.2, 0.25) is 0 Å². The Morgan fingerprint density at radius 2 is 1.85 bits per heavy atom. The minimum Gasteiger partial charge on any atom is -0.462 e. The van der Waals surface area contributed by atoms with Gasteiger partial charge in [0.15, 0.2) is 0 Å². The van der Waals surface area contributed by atoms with Crippen LogP contribution in [-0.2, 0) is 9.53 Å². The standard InChI is InChI=1S/C17H24O3/c1-3-4-8-15(12-11-14(2)18)13-20-17(19)16-9-6-5-7-10-16/h5-7,9-10,15H,3-4,8,11-13H2,1-2H3/t15-/m1/s1. The molecule has 0 spiro atoms. The van der Waals surface area contributed by atoms with Gasteiger partial charge < -0.3 is 9.53 Å². The van der Waals surface area contributed by atoms with Crippen LogP contribution >= 0.6 is 0 Å². The van der Waals surface area contributed by atoms with Crippen molar-refractivity contribution in [1.29, 1.82) is 0 Å². The second-order valence-electron chi connectivity index (χ2n) is 5.21. The number of Topliss-reactive ketones (excluding diaryl/α,β-unsaturated/α-hetero) is 1. The highest BCUT2D eigenvalue weighted by Crippen LogP contribution is 2.16. The van der Waals surface area contributed by atoms with Crippen molar-refractivity contribution in [3.05, 3.63) is 35.9 Å². The number of esters is 1. The first-order chi connectivity index (χ1) is 9.63. The number of benzene rings is 1. The summed E-state index contributed by atoms with van der Waals surface area (Å²) < 4.78 is 5.37. The molecule has 0 bridgehead atoms. The largest absolute Gasteiger partial charge is 0.462 e. The van der Waals surface area contributed by atoms with Crippen LogP contribution in [0.1, 0.15) is 56.3 Å². The average Bonchev–Trinajstić information content (AvgIpc) is 2.46. The Hall–Kier alpha value is -1.64. The van der Waals surface area contributed by atoms with E-state index in [2.05, 4.69) is 6.92 Å². The molecule has 0 amide bonds. The second kappa shape index (κ2) is 9.29. The predicted octanol–water partition coefficient (Wildman–Crippen LogP) is 4.02. The zero-order chi connectivity index (χ0) is 14.8. The van der Waals surface area contributed by atoms with Crippen molar-refractivity contribution < 1.29 is 14.3 Å². The molecule has 0 saturated carbocycles. The van der Waals surface area contributed by atoms with Crippen LogP contribution in [0.15, 0.2) is 30.3 Å². The molecule has 3 nitrogen and oxygen atoms in total. The molecule has 0 aromatic heterocycles. The van der Waals surface area contributed by atoms with E-state index in [1.54, 1.807) is 19.1 Å². The van der Waals surface area contributed by atoms with E-state index in [1.807, 2.05) is 18.2 Å². The number of carbonyl (C=O) groups excluding carboxylic acids is 2. The summed E-state index contributed by atoms with van der Waals surface area (Å²) in [6, 6.07) is 9.01. The van der Waals surface area contributed by atoms with Gasteiger partial charge in [-0.3, -0.25) is 0 Å². The molecule has 0 saturated heterocycles. The Balaban J connectivity index is 2.44. The summed E-state index contributed by atoms with van der Waals surface area (Å²) in [6.07, 6.45) is 4.59. The molecule has 0 aliphatic rings. The Bertz CT molecular complexity index is 412. The smallest absolute Gasteiger partial charge is 0.338 e. The quantitative estimate of drug-likeness (QED) is 0.640. The number of ketones is 1. The lowest BCUT2D eigenvalue weighted by Gasteiger charge is -2.16. The van der Waals surface area contributed by atoms with E-state index in [0.717, 1.165) is 25.7 Å². The van der Waals surface area contributed by atoms with Crippen LogP contribution in [0.3, 0.4) is 0 Å². The van der Waals surface area contributed by atoms with Gasteiger partial charge in [0.1, 0.15) is 5.78 Å². The minimum atomic E-state index is -0.282. The number of hydrogen-bond donors (Lipinski definition) is 0. The fourth-order valence-corrected chi connectivity index (χ4v) is 2.06. The summed E-state index contributed by atoms with van der Waals surface area (Å²) in [7, 11) is 0. The molecule has 1 aromatic carbocycles. The van der Waals surface area contributed by atoms with Gasteiger partial charge in [-0.15, -0.1) is 0 Å². The molecule has 0 N–H and O–H groups in total. The van der Waals surface area contributed by atoms with Crippen molar-refractivity contribution in [1.82, 2.24) is 0 Å². The Morgan fingerprint density at radius 1 is 1.15 bits per heavy atom. The summed E-state index contributed by atoms with van der Waals surface area (Å²) in [6.45, 7) is 4.14. The Labute approximate surface area is 121 Å². The van der Waals surface area contributed by atoms with E-state index in [0.29, 0.717) is 18.6 Å². The lowest BCUT2D eigenvalue weighted by atomic mass is 9.96. The zero-order valence-corrected chi connectivity index (χ0v) is 12.4. The summed E-state index contributed by atoms with van der Waals surface area (Å²) in [5.74, 6) is 0.197. The lowest BCUT2D eigenvalue weighted by molar-refractivity contribution is -0.117. The van der Waals surface area contributed by atoms with Gasteiger partial charge in [-0.25, -0.2) is 4.79 Å². The first-order valence-corrected chi connectivity index (χ1v) is 7.35. The van der Waals surface area contributed by atoms with Crippen molar-refractivity contribution in [3.8, 4) is 0 Å². The Kier molecular flexibility index (Phi) is 7.63. The lowest BCUT2D eigenvalue weighted by Crippen LogP contribution is -2.15. The van der Waals surface area contributed by atoms with Crippen molar-refractivity contribution in [2.24, 2.45) is 5.92 Å². The maximum absolute atomic E-state index is 11.9. The molecule has 0 radical (unpaired) electrons. The third-order valence-corrected chi connectivity index (χ3v) is 3.33. The molecule has 0 heterocycles. The molecule has 20 heavy (non-hydrogen) atoms. The first-order valence-electron chi connectivity index (χ1n) is 7.35. The molecule has 1 aromatic rings. The van der Waals surface area contributed by atoms with Gasteiger partial charge in [-0.2, -0.15) is 0 Å². The van der Waals surface area contributed by atoms with Gasteiger partial charge in [-0.1, -0.05) is 38.0 Å². The second-order valence-corrected chi connectivity index (χ2v) is 5.21. The van der Waals surface area contributed by atoms with E-state index in [1.165, 1.54) is 0 Å². The van der Waals surface area contributed by atoms with Gasteiger partial charge >= 0.3 is 5.97 Å². The monoisotopic (exact) mass is 276 g/mol. The van der Waals surface area contributed by atoms with E-state index in [-0.39, 0.29) is 17.7 Å². The van der Waals surface area contributed by atoms with Crippen LogP contribution in [0.2, 0.25) is 0 Å². The van der Waals surface area contributed by atoms with Crippen LogP contribution < -0.4 is 0 Å². The normalized spacial score (nSPS) is 11.9. The highest BCUT2D eigenvalue weighted by atomic mass is 16.5. The molecule has 0 aliphatic heterocycles. The summed E-state index contributed by atoms with van der Waals surface area (Å²) in [4.78, 5) is 22.9. The first kappa shape index (κ1) is 16.4. The van der Waals surface area contributed by atoms with Gasteiger partial charge in [0.25, 0.3) is 0 Å². The molecular weight excluding hydrogens is 252 g/mol. The van der Waals surface area contributed by atoms with Crippen molar-refractivity contribution in [2.75, 3.05) is 6.61 Å². The van der Waals surface area contributed by atoms with Crippen molar-refractivity contribution >= 4 is 11.8 Å². The van der Waals surface area contributed by atoms with Crippen LogP contribution in [-0.4, -0.2) is 18.4 Å². The fourth-order valence-electron chi connectivity index (χ4n) is 2.06. The highest BCUT2D eigenvalue weighted by Gasteiger charge is 2.13. The highest BCUT2D eigenvalue weighted by molar-refractivity contribution is 5.89. The Morgan fingerprint density at radius 3 is 2.45 bits per heavy atom. The maximum atomic E-state index is 11.9. The summed E-state index contributed by atoms with van der Waals surface area (Å²) >= 11 is 0. The maximum Gasteiger partial charge on any atom is 0.338 e. The van der Waals surface area contributed by atoms with Gasteiger partial charge in [0.05, 0.1) is 12.2 Å². The molecule has 1 atom stereocenters. The van der Waals surface area contributed by atoms with Crippen LogP contribution in [0.5, 0.6) is 0 Å². The zero-order valence-electron chi connectivity index (χ0n) is 12.4. The molecule has 0 aliphatic carbocycles. The van der Waals surface area contributed by atoms with E-state index in [4.69, 9.17) is 4.74 Å². The van der Waals surface area contributed by atoms with Crippen LogP contribution in [0.25, 0.3) is 0 Å². The molecule has 0 fully saturated rings. The SMILES string of the molecule is CCCC[C@H](CCC(C)=O)COC(=O)c1ccccc1. The number of rotatable bonds is 9. The number of ether oxygens (including phenoxy) is 1. The third kappa shape index (κ3) is 6.50. The minimum absolute atomic E-state index is 0.195. The van der Waals surface area contributed by atoms with E-state index in [9.17, 15) is 9.59 Å². The van der Waals surface area contributed by atoms with Gasteiger partial charge in [-0.05, 0) is 37.8 Å². The third-order valence-electron chi connectivity index (χ3n) is 3.33. The summed E-state index contributed by atoms with van der Waals surface area (Å²) in [5.41, 5.74) is 0.577. The fraction of sp³-hybridized carbons (Fsp3) is 0.529. The summed E-state index contributed by atoms with van der Waals surface area (Å²) in [5, 5.41) is 0. The molecule has 3 heteroatoms. The molecule has 0 unspecified atom stereocenters. The molecular formula is C17H24O3. The molecule has 110 valence electrons. The number of hydrogen-bond acceptors (Lipinski definition) is 3. The van der Waals surface area contributed by atoms with Crippen molar-refractivity contribution in [2.45, 2.75) is 46.0 Å². The molecule has 1 rings (SSSR count). The van der Waals surface area contributed by atoms with Gasteiger partial charge in [0, 0.05) is 6.42 Å². The average molecular weight is 276 g/mol. The topological polar surface area (TPSA) is 43.4 Å². The van der Waals surface area contributed by atoms with Crippen molar-refractivity contribution in [3.63, 3.8) is 0 Å². The van der Waals surface area contributed by atoms with E-state index >= 15 is 0 Å². The van der Waals surface area contributed by atoms with Crippen LogP contribution in [0.4, 0.5) is 0 Å². The van der Waals surface area contributed by atoms with E-state index < -0.39 is 0 Å². The number of carbonyl (C=O) groups is 2. The van der Waals surface area contributed by atoms with Crippen LogP contribution in [0, 0.1) is 5.92 Å².